The van der Waals surface area contributed by atoms with Crippen molar-refractivity contribution in [3.05, 3.63) is 65.0 Å². The topological polar surface area (TPSA) is 101 Å². The van der Waals surface area contributed by atoms with E-state index in [-0.39, 0.29) is 29.8 Å². The maximum Gasteiger partial charge on any atom is 0.363 e. The predicted octanol–water partition coefficient (Wildman–Crippen LogP) is 1.98. The van der Waals surface area contributed by atoms with Gasteiger partial charge in [0.05, 0.1) is 16.7 Å². The van der Waals surface area contributed by atoms with Crippen LogP contribution in [0, 0.1) is 5.82 Å². The van der Waals surface area contributed by atoms with E-state index in [2.05, 4.69) is 0 Å². The van der Waals surface area contributed by atoms with Crippen LogP contribution in [0.5, 0.6) is 0 Å². The fourth-order valence-corrected chi connectivity index (χ4v) is 4.89. The first-order valence-electron chi connectivity index (χ1n) is 8.80. The van der Waals surface area contributed by atoms with Gasteiger partial charge in [0.2, 0.25) is 10.0 Å². The van der Waals surface area contributed by atoms with Crippen LogP contribution in [0.15, 0.2) is 47.4 Å². The van der Waals surface area contributed by atoms with E-state index in [1.54, 1.807) is 12.1 Å². The van der Waals surface area contributed by atoms with Crippen LogP contribution in [-0.4, -0.2) is 48.7 Å². The van der Waals surface area contributed by atoms with Crippen LogP contribution in [0.25, 0.3) is 0 Å². The van der Waals surface area contributed by atoms with Crippen molar-refractivity contribution in [3.8, 4) is 0 Å². The summed E-state index contributed by atoms with van der Waals surface area (Å²) in [6.45, 7) is 0.539. The standard InChI is InChI=1S/C19H15FN2O6S/c20-15-8-7-12(11-16(15)29(26,27)21-9-3-4-10-21)19(25)28-22-17(23)13-5-1-2-6-14(13)18(22)24/h1-2,5-8,11H,3-4,9-10H2. The third-order valence-corrected chi connectivity index (χ3v) is 6.69. The molecule has 0 radical (unpaired) electrons. The summed E-state index contributed by atoms with van der Waals surface area (Å²) >= 11 is 0. The summed E-state index contributed by atoms with van der Waals surface area (Å²) in [5, 5.41) is 0.311. The van der Waals surface area contributed by atoms with Gasteiger partial charge in [0.25, 0.3) is 11.8 Å². The van der Waals surface area contributed by atoms with Gasteiger partial charge in [-0.25, -0.2) is 17.6 Å². The molecule has 1 fully saturated rings. The number of fused-ring (bicyclic) bond motifs is 1. The molecule has 2 amide bonds. The van der Waals surface area contributed by atoms with Gasteiger partial charge < -0.3 is 4.84 Å². The second-order valence-corrected chi connectivity index (χ2v) is 8.49. The van der Waals surface area contributed by atoms with Gasteiger partial charge in [-0.15, -0.1) is 0 Å². The van der Waals surface area contributed by atoms with Crippen molar-refractivity contribution in [1.29, 1.82) is 0 Å². The van der Waals surface area contributed by atoms with Crippen LogP contribution >= 0.6 is 0 Å². The number of imide groups is 1. The minimum atomic E-state index is -4.11. The highest BCUT2D eigenvalue weighted by Gasteiger charge is 2.39. The molecule has 2 aliphatic heterocycles. The molecule has 0 bridgehead atoms. The quantitative estimate of drug-likeness (QED) is 0.704. The van der Waals surface area contributed by atoms with E-state index in [0.29, 0.717) is 17.9 Å². The summed E-state index contributed by atoms with van der Waals surface area (Å²) in [6, 6.07) is 8.67. The summed E-state index contributed by atoms with van der Waals surface area (Å²) in [7, 11) is -4.11. The van der Waals surface area contributed by atoms with E-state index in [9.17, 15) is 27.2 Å². The molecule has 1 saturated heterocycles. The smallest absolute Gasteiger partial charge is 0.324 e. The molecule has 2 heterocycles. The van der Waals surface area contributed by atoms with Gasteiger partial charge in [0.15, 0.2) is 0 Å². The molecule has 2 aliphatic rings. The van der Waals surface area contributed by atoms with Crippen LogP contribution in [0.3, 0.4) is 0 Å². The number of nitrogens with zero attached hydrogens (tertiary/aromatic N) is 2. The summed E-state index contributed by atoms with van der Waals surface area (Å²) < 4.78 is 40.6. The molecular weight excluding hydrogens is 403 g/mol. The number of rotatable bonds is 4. The van der Waals surface area contributed by atoms with Gasteiger partial charge in [-0.1, -0.05) is 17.2 Å². The summed E-state index contributed by atoms with van der Waals surface area (Å²) in [5.74, 6) is -3.79. The fourth-order valence-electron chi connectivity index (χ4n) is 3.28. The van der Waals surface area contributed by atoms with Gasteiger partial charge in [0, 0.05) is 13.1 Å². The van der Waals surface area contributed by atoms with Crippen molar-refractivity contribution in [3.63, 3.8) is 0 Å². The number of carbonyl (C=O) groups excluding carboxylic acids is 3. The Morgan fingerprint density at radius 3 is 2.14 bits per heavy atom. The largest absolute Gasteiger partial charge is 0.363 e. The van der Waals surface area contributed by atoms with Gasteiger partial charge in [-0.3, -0.25) is 9.59 Å². The van der Waals surface area contributed by atoms with E-state index in [4.69, 9.17) is 4.84 Å². The Bertz CT molecular complexity index is 1110. The molecule has 0 N–H and O–H groups in total. The van der Waals surface area contributed by atoms with E-state index >= 15 is 0 Å². The van der Waals surface area contributed by atoms with Crippen LogP contribution in [-0.2, 0) is 14.9 Å². The molecular formula is C19H15FN2O6S. The van der Waals surface area contributed by atoms with Gasteiger partial charge >= 0.3 is 5.97 Å². The lowest BCUT2D eigenvalue weighted by Crippen LogP contribution is -2.33. The minimum absolute atomic E-state index is 0.0849. The monoisotopic (exact) mass is 418 g/mol. The van der Waals surface area contributed by atoms with E-state index in [0.717, 1.165) is 22.5 Å². The second-order valence-electron chi connectivity index (χ2n) is 6.59. The van der Waals surface area contributed by atoms with Crippen LogP contribution < -0.4 is 0 Å². The molecule has 0 atom stereocenters. The third kappa shape index (κ3) is 3.19. The molecule has 10 heteroatoms. The van der Waals surface area contributed by atoms with Gasteiger partial charge in [-0.05, 0) is 43.2 Å². The first kappa shape index (κ1) is 19.2. The molecule has 2 aromatic carbocycles. The zero-order valence-electron chi connectivity index (χ0n) is 15.0. The number of halogens is 1. The van der Waals surface area contributed by atoms with Crippen molar-refractivity contribution in [2.24, 2.45) is 0 Å². The van der Waals surface area contributed by atoms with Crippen molar-refractivity contribution in [2.75, 3.05) is 13.1 Å². The lowest BCUT2D eigenvalue weighted by molar-refractivity contribution is -0.0584. The Morgan fingerprint density at radius 1 is 0.966 bits per heavy atom. The maximum atomic E-state index is 14.2. The molecule has 0 unspecified atom stereocenters. The number of carbonyl (C=O) groups is 3. The number of hydroxylamine groups is 2. The highest BCUT2D eigenvalue weighted by molar-refractivity contribution is 7.89. The maximum absolute atomic E-state index is 14.2. The number of hydrogen-bond acceptors (Lipinski definition) is 6. The van der Waals surface area contributed by atoms with E-state index < -0.39 is 38.5 Å². The highest BCUT2D eigenvalue weighted by atomic mass is 32.2. The van der Waals surface area contributed by atoms with Gasteiger partial charge in [0.1, 0.15) is 10.7 Å². The molecule has 29 heavy (non-hydrogen) atoms. The first-order chi connectivity index (χ1) is 13.8. The highest BCUT2D eigenvalue weighted by Crippen LogP contribution is 2.26. The molecule has 0 aromatic heterocycles. The average molecular weight is 418 g/mol. The molecule has 8 nitrogen and oxygen atoms in total. The van der Waals surface area contributed by atoms with Crippen molar-refractivity contribution in [2.45, 2.75) is 17.7 Å². The van der Waals surface area contributed by atoms with Crippen LogP contribution in [0.2, 0.25) is 0 Å². The normalized spacial score (nSPS) is 16.9. The summed E-state index contributed by atoms with van der Waals surface area (Å²) in [6.07, 6.45) is 1.34. The van der Waals surface area contributed by atoms with Crippen molar-refractivity contribution < 1.29 is 32.0 Å². The predicted molar refractivity (Wildman–Crippen MR) is 96.8 cm³/mol. The lowest BCUT2D eigenvalue weighted by atomic mass is 10.1. The summed E-state index contributed by atoms with van der Waals surface area (Å²) in [4.78, 5) is 41.3. The second kappa shape index (κ2) is 7.05. The number of hydrogen-bond donors (Lipinski definition) is 0. The fraction of sp³-hybridized carbons (Fsp3) is 0.211. The number of sulfonamides is 1. The first-order valence-corrected chi connectivity index (χ1v) is 10.2. The Labute approximate surface area is 165 Å². The van der Waals surface area contributed by atoms with E-state index in [1.807, 2.05) is 0 Å². The molecule has 150 valence electrons. The minimum Gasteiger partial charge on any atom is -0.324 e. The zero-order chi connectivity index (χ0) is 20.8. The molecule has 0 aliphatic carbocycles. The van der Waals surface area contributed by atoms with Crippen molar-refractivity contribution >= 4 is 27.8 Å². The SMILES string of the molecule is O=C(ON1C(=O)c2ccccc2C1=O)c1ccc(F)c(S(=O)(=O)N2CCCC2)c1. The van der Waals surface area contributed by atoms with Crippen LogP contribution in [0.1, 0.15) is 43.9 Å². The Hall–Kier alpha value is -3.11. The third-order valence-electron chi connectivity index (χ3n) is 4.78. The lowest BCUT2D eigenvalue weighted by Gasteiger charge is -2.17. The average Bonchev–Trinajstić information content (AvgIpc) is 3.33. The number of amides is 2. The Balaban J connectivity index is 1.61. The van der Waals surface area contributed by atoms with Crippen molar-refractivity contribution in [1.82, 2.24) is 9.37 Å². The Morgan fingerprint density at radius 2 is 1.55 bits per heavy atom. The zero-order valence-corrected chi connectivity index (χ0v) is 15.8. The molecule has 0 saturated carbocycles. The van der Waals surface area contributed by atoms with Gasteiger partial charge in [-0.2, -0.15) is 4.31 Å². The van der Waals surface area contributed by atoms with E-state index in [1.165, 1.54) is 12.1 Å². The molecule has 2 aromatic rings. The Kier molecular flexibility index (Phi) is 4.67. The molecule has 0 spiro atoms. The molecule has 4 rings (SSSR count). The van der Waals surface area contributed by atoms with Crippen LogP contribution in [0.4, 0.5) is 4.39 Å². The number of benzene rings is 2. The summed E-state index contributed by atoms with van der Waals surface area (Å²) in [5.41, 5.74) is -0.135.